The SMILES string of the molecule is CCn1ccnc1-c1nc(NCCO)nc2ccsc12. The van der Waals surface area contributed by atoms with Gasteiger partial charge in [0.2, 0.25) is 5.95 Å². The summed E-state index contributed by atoms with van der Waals surface area (Å²) in [7, 11) is 0. The number of hydrogen-bond acceptors (Lipinski definition) is 6. The molecule has 0 fully saturated rings. The van der Waals surface area contributed by atoms with Gasteiger partial charge in [0.25, 0.3) is 0 Å². The third-order valence-electron chi connectivity index (χ3n) is 2.97. The van der Waals surface area contributed by atoms with Crippen molar-refractivity contribution in [2.24, 2.45) is 0 Å². The molecule has 7 heteroatoms. The summed E-state index contributed by atoms with van der Waals surface area (Å²) in [6, 6.07) is 1.97. The normalized spacial score (nSPS) is 11.1. The van der Waals surface area contributed by atoms with E-state index < -0.39 is 0 Å². The molecule has 104 valence electrons. The number of imidazole rings is 1. The van der Waals surface area contributed by atoms with Gasteiger partial charge in [0.1, 0.15) is 5.69 Å². The van der Waals surface area contributed by atoms with E-state index in [1.807, 2.05) is 17.6 Å². The highest BCUT2D eigenvalue weighted by atomic mass is 32.1. The molecule has 3 aromatic heterocycles. The molecule has 0 amide bonds. The van der Waals surface area contributed by atoms with E-state index in [0.717, 1.165) is 28.3 Å². The van der Waals surface area contributed by atoms with Gasteiger partial charge in [0, 0.05) is 25.5 Å². The highest BCUT2D eigenvalue weighted by Crippen LogP contribution is 2.30. The first-order chi connectivity index (χ1) is 9.83. The van der Waals surface area contributed by atoms with E-state index in [0.29, 0.717) is 12.5 Å². The van der Waals surface area contributed by atoms with Crippen molar-refractivity contribution in [3.05, 3.63) is 23.8 Å². The summed E-state index contributed by atoms with van der Waals surface area (Å²) in [5.74, 6) is 1.36. The first kappa shape index (κ1) is 13.0. The molecular weight excluding hydrogens is 274 g/mol. The monoisotopic (exact) mass is 289 g/mol. The van der Waals surface area contributed by atoms with Crippen molar-refractivity contribution in [1.82, 2.24) is 19.5 Å². The van der Waals surface area contributed by atoms with E-state index in [9.17, 15) is 0 Å². The number of fused-ring (bicyclic) bond motifs is 1. The maximum atomic E-state index is 8.90. The van der Waals surface area contributed by atoms with Crippen molar-refractivity contribution >= 4 is 27.5 Å². The second-order valence-electron chi connectivity index (χ2n) is 4.22. The number of anilines is 1. The molecule has 0 radical (unpaired) electrons. The van der Waals surface area contributed by atoms with Gasteiger partial charge in [-0.2, -0.15) is 0 Å². The number of aliphatic hydroxyl groups is 1. The molecule has 0 saturated heterocycles. The number of aryl methyl sites for hydroxylation is 1. The Labute approximate surface area is 120 Å². The fourth-order valence-electron chi connectivity index (χ4n) is 2.04. The van der Waals surface area contributed by atoms with Gasteiger partial charge in [0.15, 0.2) is 5.82 Å². The lowest BCUT2D eigenvalue weighted by molar-refractivity contribution is 0.311. The Morgan fingerprint density at radius 3 is 3.10 bits per heavy atom. The smallest absolute Gasteiger partial charge is 0.224 e. The Morgan fingerprint density at radius 1 is 1.40 bits per heavy atom. The van der Waals surface area contributed by atoms with Crippen molar-refractivity contribution in [3.63, 3.8) is 0 Å². The summed E-state index contributed by atoms with van der Waals surface area (Å²) in [4.78, 5) is 13.4. The third-order valence-corrected chi connectivity index (χ3v) is 3.88. The van der Waals surface area contributed by atoms with Crippen LogP contribution in [0.1, 0.15) is 6.92 Å². The fourth-order valence-corrected chi connectivity index (χ4v) is 2.86. The van der Waals surface area contributed by atoms with Crippen molar-refractivity contribution in [3.8, 4) is 11.5 Å². The molecule has 20 heavy (non-hydrogen) atoms. The molecule has 2 N–H and O–H groups in total. The van der Waals surface area contributed by atoms with Crippen LogP contribution in [0.4, 0.5) is 5.95 Å². The molecule has 0 aliphatic carbocycles. The van der Waals surface area contributed by atoms with E-state index in [1.54, 1.807) is 17.5 Å². The van der Waals surface area contributed by atoms with E-state index >= 15 is 0 Å². The first-order valence-corrected chi connectivity index (χ1v) is 7.33. The average molecular weight is 289 g/mol. The van der Waals surface area contributed by atoms with Crippen LogP contribution in [0.5, 0.6) is 0 Å². The Balaban J connectivity index is 2.14. The van der Waals surface area contributed by atoms with Gasteiger partial charge in [0.05, 0.1) is 16.8 Å². The number of aromatic nitrogens is 4. The standard InChI is InChI=1S/C13H15N5OS/c1-2-18-6-4-14-12(18)10-11-9(3-8-20-11)16-13(17-10)15-5-7-19/h3-4,6,8,19H,2,5,7H2,1H3,(H,15,16,17). The van der Waals surface area contributed by atoms with Gasteiger partial charge >= 0.3 is 0 Å². The molecule has 0 bridgehead atoms. The maximum absolute atomic E-state index is 8.90. The number of nitrogens with one attached hydrogen (secondary N) is 1. The third kappa shape index (κ3) is 2.25. The largest absolute Gasteiger partial charge is 0.395 e. The van der Waals surface area contributed by atoms with Gasteiger partial charge in [-0.25, -0.2) is 15.0 Å². The molecular formula is C13H15N5OS. The van der Waals surface area contributed by atoms with Crippen LogP contribution in [0.15, 0.2) is 23.8 Å². The van der Waals surface area contributed by atoms with Crippen molar-refractivity contribution < 1.29 is 5.11 Å². The van der Waals surface area contributed by atoms with Gasteiger partial charge in [-0.15, -0.1) is 11.3 Å². The molecule has 6 nitrogen and oxygen atoms in total. The van der Waals surface area contributed by atoms with Gasteiger partial charge < -0.3 is 15.0 Å². The molecule has 3 heterocycles. The second-order valence-corrected chi connectivity index (χ2v) is 5.13. The van der Waals surface area contributed by atoms with Crippen LogP contribution in [0.25, 0.3) is 21.7 Å². The summed E-state index contributed by atoms with van der Waals surface area (Å²) in [6.45, 7) is 3.38. The molecule has 0 saturated carbocycles. The van der Waals surface area contributed by atoms with Gasteiger partial charge in [-0.05, 0) is 18.4 Å². The summed E-state index contributed by atoms with van der Waals surface area (Å²) >= 11 is 1.61. The quantitative estimate of drug-likeness (QED) is 0.751. The molecule has 3 aromatic rings. The van der Waals surface area contributed by atoms with E-state index in [-0.39, 0.29) is 6.61 Å². The van der Waals surface area contributed by atoms with Crippen molar-refractivity contribution in [2.75, 3.05) is 18.5 Å². The maximum Gasteiger partial charge on any atom is 0.224 e. The Bertz CT molecular complexity index is 720. The Morgan fingerprint density at radius 2 is 2.30 bits per heavy atom. The number of aliphatic hydroxyl groups excluding tert-OH is 1. The van der Waals surface area contributed by atoms with Crippen molar-refractivity contribution in [1.29, 1.82) is 0 Å². The molecule has 0 aromatic carbocycles. The topological polar surface area (TPSA) is 75.9 Å². The fraction of sp³-hybridized carbons (Fsp3) is 0.308. The lowest BCUT2D eigenvalue weighted by atomic mass is 10.3. The van der Waals surface area contributed by atoms with E-state index in [4.69, 9.17) is 5.11 Å². The highest BCUT2D eigenvalue weighted by Gasteiger charge is 2.14. The van der Waals surface area contributed by atoms with Gasteiger partial charge in [-0.3, -0.25) is 0 Å². The van der Waals surface area contributed by atoms with Crippen molar-refractivity contribution in [2.45, 2.75) is 13.5 Å². The van der Waals surface area contributed by atoms with Crippen LogP contribution in [0, 0.1) is 0 Å². The number of nitrogens with zero attached hydrogens (tertiary/aromatic N) is 4. The van der Waals surface area contributed by atoms with Crippen LogP contribution in [0.2, 0.25) is 0 Å². The van der Waals surface area contributed by atoms with Crippen LogP contribution in [0.3, 0.4) is 0 Å². The van der Waals surface area contributed by atoms with Crippen LogP contribution in [-0.4, -0.2) is 37.8 Å². The Kier molecular flexibility index (Phi) is 3.62. The number of thiophene rings is 1. The van der Waals surface area contributed by atoms with Crippen LogP contribution < -0.4 is 5.32 Å². The summed E-state index contributed by atoms with van der Waals surface area (Å²) < 4.78 is 3.08. The molecule has 3 rings (SSSR count). The minimum Gasteiger partial charge on any atom is -0.395 e. The molecule has 0 aliphatic heterocycles. The minimum absolute atomic E-state index is 0.0456. The Hall–Kier alpha value is -1.99. The summed E-state index contributed by atoms with van der Waals surface area (Å²) in [5.41, 5.74) is 1.73. The highest BCUT2D eigenvalue weighted by molar-refractivity contribution is 7.17. The predicted molar refractivity (Wildman–Crippen MR) is 79.9 cm³/mol. The number of rotatable bonds is 5. The minimum atomic E-state index is 0.0456. The number of hydrogen-bond donors (Lipinski definition) is 2. The average Bonchev–Trinajstić information content (AvgIpc) is 3.12. The summed E-state index contributed by atoms with van der Waals surface area (Å²) in [5, 5.41) is 13.9. The first-order valence-electron chi connectivity index (χ1n) is 6.45. The van der Waals surface area contributed by atoms with E-state index in [2.05, 4.69) is 31.8 Å². The lowest BCUT2D eigenvalue weighted by Crippen LogP contribution is -2.09. The lowest BCUT2D eigenvalue weighted by Gasteiger charge is -2.08. The second kappa shape index (κ2) is 5.56. The summed E-state index contributed by atoms with van der Waals surface area (Å²) in [6.07, 6.45) is 3.72. The van der Waals surface area contributed by atoms with Crippen LogP contribution in [-0.2, 0) is 6.54 Å². The molecule has 0 unspecified atom stereocenters. The van der Waals surface area contributed by atoms with Crippen LogP contribution >= 0.6 is 11.3 Å². The predicted octanol–water partition coefficient (Wildman–Crippen LogP) is 1.98. The van der Waals surface area contributed by atoms with E-state index in [1.165, 1.54) is 0 Å². The van der Waals surface area contributed by atoms with Gasteiger partial charge in [-0.1, -0.05) is 0 Å². The zero-order valence-corrected chi connectivity index (χ0v) is 11.9. The zero-order valence-electron chi connectivity index (χ0n) is 11.1. The molecule has 0 atom stereocenters. The molecule has 0 aliphatic rings. The zero-order chi connectivity index (χ0) is 13.9. The molecule has 0 spiro atoms.